The molecule has 3 rings (SSSR count). The van der Waals surface area contributed by atoms with Gasteiger partial charge in [0.2, 0.25) is 0 Å². The Kier molecular flexibility index (Phi) is 5.73. The second kappa shape index (κ2) is 7.18. The van der Waals surface area contributed by atoms with E-state index in [4.69, 9.17) is 4.74 Å². The molecule has 1 spiro atoms. The lowest BCUT2D eigenvalue weighted by Gasteiger charge is -2.41. The molecular formula is C19H34N2O. The van der Waals surface area contributed by atoms with Crippen LogP contribution in [-0.4, -0.2) is 30.8 Å². The van der Waals surface area contributed by atoms with Crippen molar-refractivity contribution in [2.45, 2.75) is 65.0 Å². The first-order chi connectivity index (χ1) is 10.4. The highest BCUT2D eigenvalue weighted by Crippen LogP contribution is 2.26. The van der Waals surface area contributed by atoms with Crippen LogP contribution in [0.15, 0.2) is 23.9 Å². The summed E-state index contributed by atoms with van der Waals surface area (Å²) in [5.41, 5.74) is 1.95. The molecular weight excluding hydrogens is 272 g/mol. The molecule has 0 saturated carbocycles. The van der Waals surface area contributed by atoms with Crippen molar-refractivity contribution >= 4 is 0 Å². The standard InChI is InChI=1S/C10H15NO.C9H19N/c1-8(2)9-3-4-10(11-5-9)6-12-7-10;1-4-9(3)7-8(2)5-6-10-9/h3-5,8,11H,6-7H2,1-2H3;8,10H,4-7H2,1-3H3. The van der Waals surface area contributed by atoms with Crippen LogP contribution in [0.3, 0.4) is 0 Å². The first-order valence-electron chi connectivity index (χ1n) is 8.88. The Hall–Kier alpha value is -0.800. The zero-order valence-electron chi connectivity index (χ0n) is 15.0. The summed E-state index contributed by atoms with van der Waals surface area (Å²) in [6.07, 6.45) is 10.5. The minimum Gasteiger partial charge on any atom is -0.378 e. The third-order valence-corrected chi connectivity index (χ3v) is 5.28. The van der Waals surface area contributed by atoms with E-state index in [-0.39, 0.29) is 5.54 Å². The van der Waals surface area contributed by atoms with E-state index in [2.05, 4.69) is 63.6 Å². The minimum absolute atomic E-state index is 0.137. The summed E-state index contributed by atoms with van der Waals surface area (Å²) in [5, 5.41) is 6.97. The van der Waals surface area contributed by atoms with Gasteiger partial charge in [0.05, 0.1) is 13.2 Å². The van der Waals surface area contributed by atoms with Gasteiger partial charge in [-0.05, 0) is 50.1 Å². The Labute approximate surface area is 136 Å². The van der Waals surface area contributed by atoms with Gasteiger partial charge in [0, 0.05) is 11.7 Å². The summed E-state index contributed by atoms with van der Waals surface area (Å²) in [7, 11) is 0. The fraction of sp³-hybridized carbons (Fsp3) is 0.789. The lowest BCUT2D eigenvalue weighted by atomic mass is 9.83. The molecule has 0 aromatic carbocycles. The number of allylic oxidation sites excluding steroid dienone is 2. The number of piperidine rings is 1. The van der Waals surface area contributed by atoms with E-state index in [9.17, 15) is 0 Å². The Morgan fingerprint density at radius 1 is 1.36 bits per heavy atom. The van der Waals surface area contributed by atoms with Gasteiger partial charge in [-0.15, -0.1) is 0 Å². The quantitative estimate of drug-likeness (QED) is 0.817. The fourth-order valence-corrected chi connectivity index (χ4v) is 3.27. The van der Waals surface area contributed by atoms with Gasteiger partial charge in [0.15, 0.2) is 0 Å². The molecule has 22 heavy (non-hydrogen) atoms. The lowest BCUT2D eigenvalue weighted by molar-refractivity contribution is -0.0422. The molecule has 3 heterocycles. The molecule has 0 radical (unpaired) electrons. The van der Waals surface area contributed by atoms with Gasteiger partial charge in [-0.3, -0.25) is 0 Å². The van der Waals surface area contributed by atoms with Crippen molar-refractivity contribution in [3.63, 3.8) is 0 Å². The molecule has 3 nitrogen and oxygen atoms in total. The molecule has 3 heteroatoms. The average Bonchev–Trinajstić information content (AvgIpc) is 2.46. The number of hydrogen-bond donors (Lipinski definition) is 2. The van der Waals surface area contributed by atoms with Crippen LogP contribution in [0.2, 0.25) is 0 Å². The summed E-state index contributed by atoms with van der Waals surface area (Å²) < 4.78 is 5.17. The topological polar surface area (TPSA) is 33.3 Å². The van der Waals surface area contributed by atoms with Crippen molar-refractivity contribution in [2.75, 3.05) is 19.8 Å². The molecule has 2 atom stereocenters. The monoisotopic (exact) mass is 306 g/mol. The Bertz CT molecular complexity index is 423. The predicted molar refractivity (Wildman–Crippen MR) is 93.8 cm³/mol. The van der Waals surface area contributed by atoms with Gasteiger partial charge >= 0.3 is 0 Å². The highest BCUT2D eigenvalue weighted by atomic mass is 16.5. The van der Waals surface area contributed by atoms with E-state index in [1.165, 1.54) is 31.4 Å². The maximum Gasteiger partial charge on any atom is 0.102 e. The van der Waals surface area contributed by atoms with Crippen LogP contribution in [0.5, 0.6) is 0 Å². The molecule has 0 aliphatic carbocycles. The van der Waals surface area contributed by atoms with Crippen LogP contribution in [0, 0.1) is 11.8 Å². The summed E-state index contributed by atoms with van der Waals surface area (Å²) in [6, 6.07) is 0. The maximum absolute atomic E-state index is 5.17. The van der Waals surface area contributed by atoms with E-state index >= 15 is 0 Å². The number of dihydropyridines is 1. The van der Waals surface area contributed by atoms with Gasteiger partial charge in [0.25, 0.3) is 0 Å². The van der Waals surface area contributed by atoms with Crippen molar-refractivity contribution < 1.29 is 4.74 Å². The van der Waals surface area contributed by atoms with Crippen molar-refractivity contribution in [2.24, 2.45) is 11.8 Å². The van der Waals surface area contributed by atoms with E-state index in [1.807, 2.05) is 0 Å². The molecule has 3 aliphatic heterocycles. The van der Waals surface area contributed by atoms with Crippen molar-refractivity contribution in [1.29, 1.82) is 0 Å². The van der Waals surface area contributed by atoms with Crippen LogP contribution in [0.4, 0.5) is 0 Å². The zero-order chi connectivity index (χ0) is 16.2. The second-order valence-electron chi connectivity index (χ2n) is 7.86. The van der Waals surface area contributed by atoms with Crippen LogP contribution < -0.4 is 10.6 Å². The smallest absolute Gasteiger partial charge is 0.102 e. The first-order valence-corrected chi connectivity index (χ1v) is 8.88. The summed E-state index contributed by atoms with van der Waals surface area (Å²) in [5.74, 6) is 1.53. The predicted octanol–water partition coefficient (Wildman–Crippen LogP) is 3.63. The van der Waals surface area contributed by atoms with Gasteiger partial charge in [-0.1, -0.05) is 39.8 Å². The highest BCUT2D eigenvalue weighted by Gasteiger charge is 2.36. The molecule has 0 bridgehead atoms. The van der Waals surface area contributed by atoms with Crippen molar-refractivity contribution in [3.05, 3.63) is 23.9 Å². The molecule has 3 aliphatic rings. The number of ether oxygens (including phenoxy) is 1. The summed E-state index contributed by atoms with van der Waals surface area (Å²) >= 11 is 0. The van der Waals surface area contributed by atoms with Crippen LogP contribution in [-0.2, 0) is 4.74 Å². The van der Waals surface area contributed by atoms with Crippen LogP contribution >= 0.6 is 0 Å². The average molecular weight is 306 g/mol. The van der Waals surface area contributed by atoms with Gasteiger partial charge in [-0.25, -0.2) is 0 Å². The molecule has 2 saturated heterocycles. The van der Waals surface area contributed by atoms with E-state index in [0.29, 0.717) is 11.5 Å². The zero-order valence-corrected chi connectivity index (χ0v) is 15.0. The molecule has 0 amide bonds. The normalized spacial score (nSPS) is 32.6. The van der Waals surface area contributed by atoms with Crippen LogP contribution in [0.1, 0.15) is 53.9 Å². The first kappa shape index (κ1) is 17.6. The van der Waals surface area contributed by atoms with Crippen molar-refractivity contribution in [3.8, 4) is 0 Å². The van der Waals surface area contributed by atoms with Gasteiger partial charge in [0.1, 0.15) is 5.54 Å². The third kappa shape index (κ3) is 4.36. The molecule has 0 aromatic rings. The third-order valence-electron chi connectivity index (χ3n) is 5.28. The van der Waals surface area contributed by atoms with Gasteiger partial charge in [-0.2, -0.15) is 0 Å². The highest BCUT2D eigenvalue weighted by molar-refractivity contribution is 5.31. The molecule has 2 N–H and O–H groups in total. The molecule has 126 valence electrons. The lowest BCUT2D eigenvalue weighted by Crippen LogP contribution is -2.58. The van der Waals surface area contributed by atoms with E-state index in [1.54, 1.807) is 0 Å². The largest absolute Gasteiger partial charge is 0.378 e. The molecule has 2 unspecified atom stereocenters. The Balaban J connectivity index is 0.000000164. The van der Waals surface area contributed by atoms with E-state index in [0.717, 1.165) is 19.1 Å². The Morgan fingerprint density at radius 3 is 2.45 bits per heavy atom. The Morgan fingerprint density at radius 2 is 2.09 bits per heavy atom. The summed E-state index contributed by atoms with van der Waals surface area (Å²) in [4.78, 5) is 0. The number of rotatable bonds is 2. The second-order valence-corrected chi connectivity index (χ2v) is 7.86. The fourth-order valence-electron chi connectivity index (χ4n) is 3.27. The number of nitrogens with one attached hydrogen (secondary N) is 2. The number of hydrogen-bond acceptors (Lipinski definition) is 3. The maximum atomic E-state index is 5.17. The molecule has 0 aromatic heterocycles. The van der Waals surface area contributed by atoms with Gasteiger partial charge < -0.3 is 15.4 Å². The van der Waals surface area contributed by atoms with Crippen molar-refractivity contribution in [1.82, 2.24) is 10.6 Å². The van der Waals surface area contributed by atoms with E-state index < -0.39 is 0 Å². The molecule has 2 fully saturated rings. The van der Waals surface area contributed by atoms with Crippen LogP contribution in [0.25, 0.3) is 0 Å². The minimum atomic E-state index is 0.137. The SMILES string of the molecule is CC(C)C1=CNC2(C=C1)COC2.CCC1(C)CC(C)CCN1. The summed E-state index contributed by atoms with van der Waals surface area (Å²) in [6.45, 7) is 14.2.